The summed E-state index contributed by atoms with van der Waals surface area (Å²) in [6.45, 7) is 4.76. The van der Waals surface area contributed by atoms with E-state index in [1.807, 2.05) is 13.8 Å². The minimum Gasteiger partial charge on any atom is -0.366 e. The highest BCUT2D eigenvalue weighted by molar-refractivity contribution is 7.89. The Morgan fingerprint density at radius 2 is 1.79 bits per heavy atom. The molecule has 106 valence electrons. The maximum Gasteiger partial charge on any atom is 0.248 e. The standard InChI is InChI=1S/C13H20N2O3S/c1-3-5-10-15(4-2)19(17,18)12-8-6-11(7-9-12)13(14)16/h6-9H,3-5,10H2,1-2H3,(H2,14,16). The highest BCUT2D eigenvalue weighted by Gasteiger charge is 2.22. The molecule has 0 fully saturated rings. The molecule has 0 aliphatic heterocycles. The van der Waals surface area contributed by atoms with Gasteiger partial charge < -0.3 is 5.73 Å². The number of amides is 1. The summed E-state index contributed by atoms with van der Waals surface area (Å²) in [4.78, 5) is 11.1. The van der Waals surface area contributed by atoms with Crippen LogP contribution in [0.4, 0.5) is 0 Å². The molecule has 0 saturated carbocycles. The molecule has 19 heavy (non-hydrogen) atoms. The Bertz CT molecular complexity index is 523. The molecule has 0 aliphatic rings. The quantitative estimate of drug-likeness (QED) is 0.825. The fraction of sp³-hybridized carbons (Fsp3) is 0.462. The average molecular weight is 284 g/mol. The number of primary amides is 1. The fourth-order valence-electron chi connectivity index (χ4n) is 1.72. The maximum atomic E-state index is 12.4. The van der Waals surface area contributed by atoms with Crippen molar-refractivity contribution < 1.29 is 13.2 Å². The highest BCUT2D eigenvalue weighted by Crippen LogP contribution is 2.16. The Kier molecular flexibility index (Phi) is 5.50. The Hall–Kier alpha value is -1.40. The van der Waals surface area contributed by atoms with Gasteiger partial charge in [0, 0.05) is 18.7 Å². The van der Waals surface area contributed by atoms with Gasteiger partial charge in [0.15, 0.2) is 0 Å². The molecule has 1 aromatic carbocycles. The lowest BCUT2D eigenvalue weighted by Gasteiger charge is -2.20. The van der Waals surface area contributed by atoms with E-state index in [2.05, 4.69) is 0 Å². The van der Waals surface area contributed by atoms with E-state index in [0.717, 1.165) is 12.8 Å². The van der Waals surface area contributed by atoms with E-state index in [1.54, 1.807) is 0 Å². The second kappa shape index (κ2) is 6.68. The van der Waals surface area contributed by atoms with Crippen molar-refractivity contribution in [1.29, 1.82) is 0 Å². The first-order chi connectivity index (χ1) is 8.93. The van der Waals surface area contributed by atoms with Crippen molar-refractivity contribution >= 4 is 15.9 Å². The number of carbonyl (C=O) groups excluding carboxylic acids is 1. The lowest BCUT2D eigenvalue weighted by molar-refractivity contribution is 0.1000. The van der Waals surface area contributed by atoms with Crippen molar-refractivity contribution in [3.8, 4) is 0 Å². The molecule has 0 atom stereocenters. The number of rotatable bonds is 7. The van der Waals surface area contributed by atoms with Gasteiger partial charge in [-0.15, -0.1) is 0 Å². The van der Waals surface area contributed by atoms with Crippen LogP contribution < -0.4 is 5.73 Å². The number of carbonyl (C=O) groups is 1. The number of nitrogens with two attached hydrogens (primary N) is 1. The minimum atomic E-state index is -3.48. The predicted octanol–water partition coefficient (Wildman–Crippen LogP) is 1.60. The zero-order chi connectivity index (χ0) is 14.5. The van der Waals surface area contributed by atoms with Gasteiger partial charge in [-0.05, 0) is 30.7 Å². The summed E-state index contributed by atoms with van der Waals surface area (Å²) < 4.78 is 26.2. The van der Waals surface area contributed by atoms with Crippen LogP contribution in [0.2, 0.25) is 0 Å². The number of benzene rings is 1. The third kappa shape index (κ3) is 3.78. The van der Waals surface area contributed by atoms with E-state index in [0.29, 0.717) is 18.7 Å². The van der Waals surface area contributed by atoms with E-state index < -0.39 is 15.9 Å². The maximum absolute atomic E-state index is 12.4. The SMILES string of the molecule is CCCCN(CC)S(=O)(=O)c1ccc(C(N)=O)cc1. The zero-order valence-electron chi connectivity index (χ0n) is 11.3. The first-order valence-electron chi connectivity index (χ1n) is 6.33. The molecule has 2 N–H and O–H groups in total. The molecule has 1 rings (SSSR count). The van der Waals surface area contributed by atoms with Gasteiger partial charge in [0.25, 0.3) is 0 Å². The largest absolute Gasteiger partial charge is 0.366 e. The van der Waals surface area contributed by atoms with Crippen LogP contribution in [0.25, 0.3) is 0 Å². The second-order valence-corrected chi connectivity index (χ2v) is 6.18. The first kappa shape index (κ1) is 15.7. The predicted molar refractivity (Wildman–Crippen MR) is 74.3 cm³/mol. The van der Waals surface area contributed by atoms with Gasteiger partial charge in [-0.25, -0.2) is 8.42 Å². The van der Waals surface area contributed by atoms with Crippen LogP contribution in [0.5, 0.6) is 0 Å². The van der Waals surface area contributed by atoms with Crippen LogP contribution in [-0.2, 0) is 10.0 Å². The molecule has 6 heteroatoms. The van der Waals surface area contributed by atoms with E-state index in [-0.39, 0.29) is 4.90 Å². The molecule has 0 bridgehead atoms. The molecular weight excluding hydrogens is 264 g/mol. The van der Waals surface area contributed by atoms with Crippen LogP contribution >= 0.6 is 0 Å². The van der Waals surface area contributed by atoms with Crippen LogP contribution in [0.15, 0.2) is 29.2 Å². The van der Waals surface area contributed by atoms with Crippen molar-refractivity contribution in [1.82, 2.24) is 4.31 Å². The Balaban J connectivity index is 3.01. The monoisotopic (exact) mass is 284 g/mol. The van der Waals surface area contributed by atoms with E-state index in [1.165, 1.54) is 28.6 Å². The van der Waals surface area contributed by atoms with Gasteiger partial charge in [-0.3, -0.25) is 4.79 Å². The third-order valence-corrected chi connectivity index (χ3v) is 4.88. The van der Waals surface area contributed by atoms with Crippen LogP contribution in [0, 0.1) is 0 Å². The summed E-state index contributed by atoms with van der Waals surface area (Å²) in [5.74, 6) is -0.567. The summed E-state index contributed by atoms with van der Waals surface area (Å²) >= 11 is 0. The molecule has 1 amide bonds. The van der Waals surface area contributed by atoms with Crippen LogP contribution in [-0.4, -0.2) is 31.7 Å². The summed E-state index contributed by atoms with van der Waals surface area (Å²) in [5, 5.41) is 0. The smallest absolute Gasteiger partial charge is 0.248 e. The van der Waals surface area contributed by atoms with Crippen molar-refractivity contribution in [2.24, 2.45) is 5.73 Å². The van der Waals surface area contributed by atoms with E-state index >= 15 is 0 Å². The van der Waals surface area contributed by atoms with Crippen LogP contribution in [0.1, 0.15) is 37.0 Å². The topological polar surface area (TPSA) is 80.5 Å². The molecule has 0 heterocycles. The summed E-state index contributed by atoms with van der Waals surface area (Å²) in [5.41, 5.74) is 5.43. The zero-order valence-corrected chi connectivity index (χ0v) is 12.1. The number of sulfonamides is 1. The first-order valence-corrected chi connectivity index (χ1v) is 7.77. The molecule has 1 aromatic rings. The van der Waals surface area contributed by atoms with Crippen LogP contribution in [0.3, 0.4) is 0 Å². The van der Waals surface area contributed by atoms with Crippen molar-refractivity contribution in [3.63, 3.8) is 0 Å². The number of hydrogen-bond donors (Lipinski definition) is 1. The van der Waals surface area contributed by atoms with Gasteiger partial charge in [0.2, 0.25) is 15.9 Å². The molecule has 0 aliphatic carbocycles. The second-order valence-electron chi connectivity index (χ2n) is 4.24. The summed E-state index contributed by atoms with van der Waals surface area (Å²) in [6.07, 6.45) is 1.76. The Morgan fingerprint density at radius 1 is 1.21 bits per heavy atom. The number of hydrogen-bond acceptors (Lipinski definition) is 3. The normalized spacial score (nSPS) is 11.7. The van der Waals surface area contributed by atoms with Gasteiger partial charge in [-0.2, -0.15) is 4.31 Å². The molecule has 0 aromatic heterocycles. The molecule has 0 saturated heterocycles. The van der Waals surface area contributed by atoms with Gasteiger partial charge in [-0.1, -0.05) is 20.3 Å². The molecule has 0 unspecified atom stereocenters. The lowest BCUT2D eigenvalue weighted by atomic mass is 10.2. The summed E-state index contributed by atoms with van der Waals surface area (Å²) in [6, 6.07) is 5.71. The van der Waals surface area contributed by atoms with Crippen molar-refractivity contribution in [2.45, 2.75) is 31.6 Å². The minimum absolute atomic E-state index is 0.190. The molecule has 5 nitrogen and oxygen atoms in total. The molecule has 0 radical (unpaired) electrons. The fourth-order valence-corrected chi connectivity index (χ4v) is 3.21. The Morgan fingerprint density at radius 3 is 2.21 bits per heavy atom. The Labute approximate surface area is 114 Å². The van der Waals surface area contributed by atoms with Crippen molar-refractivity contribution in [3.05, 3.63) is 29.8 Å². The molecular formula is C13H20N2O3S. The van der Waals surface area contributed by atoms with Gasteiger partial charge in [0.05, 0.1) is 4.90 Å². The number of unbranched alkanes of at least 4 members (excludes halogenated alkanes) is 1. The lowest BCUT2D eigenvalue weighted by Crippen LogP contribution is -2.31. The van der Waals surface area contributed by atoms with E-state index in [4.69, 9.17) is 5.73 Å². The third-order valence-electron chi connectivity index (χ3n) is 2.89. The van der Waals surface area contributed by atoms with Crippen molar-refractivity contribution in [2.75, 3.05) is 13.1 Å². The summed E-state index contributed by atoms with van der Waals surface area (Å²) in [7, 11) is -3.48. The average Bonchev–Trinajstić information content (AvgIpc) is 2.39. The number of nitrogens with zero attached hydrogens (tertiary/aromatic N) is 1. The van der Waals surface area contributed by atoms with Gasteiger partial charge in [0.1, 0.15) is 0 Å². The highest BCUT2D eigenvalue weighted by atomic mass is 32.2. The molecule has 0 spiro atoms. The van der Waals surface area contributed by atoms with E-state index in [9.17, 15) is 13.2 Å². The van der Waals surface area contributed by atoms with Gasteiger partial charge >= 0.3 is 0 Å².